The van der Waals surface area contributed by atoms with Gasteiger partial charge in [-0.25, -0.2) is 0 Å². The summed E-state index contributed by atoms with van der Waals surface area (Å²) >= 11 is 6.02. The quantitative estimate of drug-likeness (QED) is 0.709. The number of nitrogens with zero attached hydrogens (tertiary/aromatic N) is 3. The molecule has 0 fully saturated rings. The third-order valence-corrected chi connectivity index (χ3v) is 3.38. The van der Waals surface area contributed by atoms with Crippen LogP contribution in [-0.2, 0) is 7.05 Å². The van der Waals surface area contributed by atoms with Gasteiger partial charge in [-0.3, -0.25) is 15.0 Å². The van der Waals surface area contributed by atoms with Crippen molar-refractivity contribution >= 4 is 23.0 Å². The van der Waals surface area contributed by atoms with Crippen LogP contribution in [-0.4, -0.2) is 14.8 Å². The molecule has 0 spiro atoms. The zero-order chi connectivity index (χ0) is 14.8. The van der Waals surface area contributed by atoms with E-state index in [-0.39, 0.29) is 11.2 Å². The van der Waals surface area contributed by atoms with Crippen LogP contribution in [0.5, 0.6) is 0 Å². The molecule has 106 valence electrons. The van der Waals surface area contributed by atoms with Gasteiger partial charge in [0.05, 0.1) is 10.7 Å². The number of aryl methyl sites for hydroxylation is 1. The first kappa shape index (κ1) is 13.4. The molecule has 0 saturated carbocycles. The highest BCUT2D eigenvalue weighted by Crippen LogP contribution is 2.29. The molecule has 0 aliphatic rings. The van der Waals surface area contributed by atoms with E-state index in [2.05, 4.69) is 20.4 Å². The largest absolute Gasteiger partial charge is 0.349 e. The molecule has 0 amide bonds. The third-order valence-electron chi connectivity index (χ3n) is 3.06. The van der Waals surface area contributed by atoms with Gasteiger partial charge in [0.1, 0.15) is 11.4 Å². The second-order valence-corrected chi connectivity index (χ2v) is 4.87. The van der Waals surface area contributed by atoms with Crippen molar-refractivity contribution in [3.63, 3.8) is 0 Å². The van der Waals surface area contributed by atoms with Gasteiger partial charge in [0, 0.05) is 13.2 Å². The summed E-state index contributed by atoms with van der Waals surface area (Å²) in [5.41, 5.74) is 1.82. The van der Waals surface area contributed by atoms with E-state index in [1.807, 2.05) is 29.9 Å². The normalized spacial score (nSPS) is 11.3. The number of hydrogen-bond donors (Lipinski definition) is 2. The standard InChI is InChI=1S/C14H12ClN5O/c1-20-8-4-7-11(20)12-13(14(21)19-17-12)18-16-10-6-3-2-5-9(10)15/h2-8H,1H3,(H2,17,19,21). The number of benzene rings is 1. The zero-order valence-electron chi connectivity index (χ0n) is 11.2. The van der Waals surface area contributed by atoms with Gasteiger partial charge in [0.25, 0.3) is 5.56 Å². The first-order valence-corrected chi connectivity index (χ1v) is 6.63. The Labute approximate surface area is 125 Å². The van der Waals surface area contributed by atoms with E-state index in [1.165, 1.54) is 0 Å². The number of aromatic amines is 2. The van der Waals surface area contributed by atoms with Crippen molar-refractivity contribution in [3.8, 4) is 11.4 Å². The predicted octanol–water partition coefficient (Wildman–Crippen LogP) is 3.78. The van der Waals surface area contributed by atoms with Gasteiger partial charge in [0.2, 0.25) is 0 Å². The van der Waals surface area contributed by atoms with Crippen molar-refractivity contribution in [3.05, 3.63) is 58.0 Å². The van der Waals surface area contributed by atoms with E-state index in [4.69, 9.17) is 11.6 Å². The highest BCUT2D eigenvalue weighted by Gasteiger charge is 2.13. The summed E-state index contributed by atoms with van der Waals surface area (Å²) in [5, 5.41) is 13.9. The Morgan fingerprint density at radius 3 is 2.62 bits per heavy atom. The van der Waals surface area contributed by atoms with Crippen molar-refractivity contribution in [2.45, 2.75) is 0 Å². The minimum absolute atomic E-state index is 0.219. The summed E-state index contributed by atoms with van der Waals surface area (Å²) in [6.07, 6.45) is 1.88. The number of H-pyrrole nitrogens is 2. The van der Waals surface area contributed by atoms with Crippen molar-refractivity contribution < 1.29 is 0 Å². The number of nitrogens with one attached hydrogen (secondary N) is 2. The molecule has 0 bridgehead atoms. The Bertz CT molecular complexity index is 858. The molecule has 7 heteroatoms. The molecule has 0 radical (unpaired) electrons. The van der Waals surface area contributed by atoms with Crippen LogP contribution < -0.4 is 5.56 Å². The average molecular weight is 302 g/mol. The van der Waals surface area contributed by atoms with Gasteiger partial charge in [-0.05, 0) is 24.3 Å². The monoisotopic (exact) mass is 301 g/mol. The number of halogens is 1. The Hall–Kier alpha value is -2.60. The molecule has 2 N–H and O–H groups in total. The lowest BCUT2D eigenvalue weighted by Gasteiger charge is -2.00. The molecule has 2 heterocycles. The summed E-state index contributed by atoms with van der Waals surface area (Å²) < 4.78 is 1.88. The maximum atomic E-state index is 11.9. The van der Waals surface area contributed by atoms with Crippen LogP contribution >= 0.6 is 11.6 Å². The highest BCUT2D eigenvalue weighted by atomic mass is 35.5. The van der Waals surface area contributed by atoms with Gasteiger partial charge in [-0.2, -0.15) is 0 Å². The molecule has 3 aromatic rings. The topological polar surface area (TPSA) is 78.3 Å². The minimum atomic E-state index is -0.331. The number of azo groups is 1. The maximum absolute atomic E-state index is 11.9. The number of aromatic nitrogens is 3. The molecule has 0 atom stereocenters. The summed E-state index contributed by atoms with van der Waals surface area (Å²) in [6.45, 7) is 0. The molecule has 6 nitrogen and oxygen atoms in total. The van der Waals surface area contributed by atoms with Crippen LogP contribution in [0.3, 0.4) is 0 Å². The second kappa shape index (κ2) is 5.41. The van der Waals surface area contributed by atoms with E-state index in [1.54, 1.807) is 24.3 Å². The Balaban J connectivity index is 2.04. The molecule has 0 saturated heterocycles. The average Bonchev–Trinajstić information content (AvgIpc) is 3.04. The predicted molar refractivity (Wildman–Crippen MR) is 81.4 cm³/mol. The fraction of sp³-hybridized carbons (Fsp3) is 0.0714. The fourth-order valence-corrected chi connectivity index (χ4v) is 2.16. The Morgan fingerprint density at radius 1 is 1.10 bits per heavy atom. The fourth-order valence-electron chi connectivity index (χ4n) is 1.99. The van der Waals surface area contributed by atoms with E-state index < -0.39 is 0 Å². The Morgan fingerprint density at radius 2 is 1.90 bits per heavy atom. The van der Waals surface area contributed by atoms with E-state index >= 15 is 0 Å². The lowest BCUT2D eigenvalue weighted by atomic mass is 10.3. The molecule has 21 heavy (non-hydrogen) atoms. The minimum Gasteiger partial charge on any atom is -0.349 e. The summed E-state index contributed by atoms with van der Waals surface area (Å²) in [6, 6.07) is 10.8. The first-order valence-electron chi connectivity index (χ1n) is 6.25. The highest BCUT2D eigenvalue weighted by molar-refractivity contribution is 6.32. The third kappa shape index (κ3) is 2.53. The van der Waals surface area contributed by atoms with Crippen LogP contribution in [0.2, 0.25) is 5.02 Å². The van der Waals surface area contributed by atoms with Crippen LogP contribution in [0.1, 0.15) is 0 Å². The van der Waals surface area contributed by atoms with Gasteiger partial charge >= 0.3 is 0 Å². The number of hydrogen-bond acceptors (Lipinski definition) is 3. The van der Waals surface area contributed by atoms with Crippen LogP contribution in [0.15, 0.2) is 57.6 Å². The molecular formula is C14H12ClN5O. The van der Waals surface area contributed by atoms with Gasteiger partial charge in [-0.1, -0.05) is 23.7 Å². The smallest absolute Gasteiger partial charge is 0.292 e. The van der Waals surface area contributed by atoms with Crippen LogP contribution in [0.25, 0.3) is 11.4 Å². The van der Waals surface area contributed by atoms with Crippen LogP contribution in [0.4, 0.5) is 11.4 Å². The lowest BCUT2D eigenvalue weighted by Crippen LogP contribution is -1.96. The molecule has 0 aliphatic carbocycles. The maximum Gasteiger partial charge on any atom is 0.292 e. The lowest BCUT2D eigenvalue weighted by molar-refractivity contribution is 0.925. The molecule has 2 aromatic heterocycles. The van der Waals surface area contributed by atoms with E-state index in [0.29, 0.717) is 16.4 Å². The zero-order valence-corrected chi connectivity index (χ0v) is 11.9. The van der Waals surface area contributed by atoms with Gasteiger partial charge in [-0.15, -0.1) is 10.2 Å². The van der Waals surface area contributed by atoms with Gasteiger partial charge < -0.3 is 4.57 Å². The molecule has 0 aliphatic heterocycles. The Kier molecular flexibility index (Phi) is 3.45. The van der Waals surface area contributed by atoms with Crippen LogP contribution in [0, 0.1) is 0 Å². The summed E-state index contributed by atoms with van der Waals surface area (Å²) in [7, 11) is 1.88. The molecular weight excluding hydrogens is 290 g/mol. The molecule has 1 aromatic carbocycles. The van der Waals surface area contributed by atoms with Crippen molar-refractivity contribution in [1.82, 2.24) is 14.8 Å². The summed E-state index contributed by atoms with van der Waals surface area (Å²) in [4.78, 5) is 11.9. The van der Waals surface area contributed by atoms with Crippen molar-refractivity contribution in [2.75, 3.05) is 0 Å². The van der Waals surface area contributed by atoms with Gasteiger partial charge in [0.15, 0.2) is 5.69 Å². The van der Waals surface area contributed by atoms with Crippen molar-refractivity contribution in [1.29, 1.82) is 0 Å². The molecule has 3 rings (SSSR count). The second-order valence-electron chi connectivity index (χ2n) is 4.46. The number of rotatable bonds is 3. The molecule has 0 unspecified atom stereocenters. The van der Waals surface area contributed by atoms with E-state index in [9.17, 15) is 4.79 Å². The SMILES string of the molecule is Cn1cccc1-c1[nH][nH]c(=O)c1N=Nc1ccccc1Cl. The first-order chi connectivity index (χ1) is 10.2. The van der Waals surface area contributed by atoms with E-state index in [0.717, 1.165) is 5.69 Å². The summed E-state index contributed by atoms with van der Waals surface area (Å²) in [5.74, 6) is 0. The van der Waals surface area contributed by atoms with Crippen molar-refractivity contribution in [2.24, 2.45) is 17.3 Å².